The predicted molar refractivity (Wildman–Crippen MR) is 119 cm³/mol. The molecule has 1 unspecified atom stereocenters. The molecule has 2 N–H and O–H groups in total. The molecule has 0 bridgehead atoms. The fraction of sp³-hybridized carbons (Fsp3) is 0.783. The Bertz CT molecular complexity index is 332. The van der Waals surface area contributed by atoms with Gasteiger partial charge in [-0.25, -0.2) is 4.21 Å². The highest BCUT2D eigenvalue weighted by molar-refractivity contribution is 6.43. The van der Waals surface area contributed by atoms with Crippen molar-refractivity contribution in [1.82, 2.24) is 0 Å². The van der Waals surface area contributed by atoms with Gasteiger partial charge in [0.2, 0.25) is 0 Å². The van der Waals surface area contributed by atoms with Crippen LogP contribution in [0.4, 0.5) is 0 Å². The second kappa shape index (κ2) is 25.7. The van der Waals surface area contributed by atoms with Crippen LogP contribution in [0.5, 0.6) is 0 Å². The summed E-state index contributed by atoms with van der Waals surface area (Å²) >= 11 is -0.453. The number of aliphatic hydroxyl groups is 1. The summed E-state index contributed by atoms with van der Waals surface area (Å²) in [5, 5.41) is 17.2. The van der Waals surface area contributed by atoms with Gasteiger partial charge >= 0.3 is 26.3 Å². The zero-order valence-corrected chi connectivity index (χ0v) is 19.4. The minimum absolute atomic E-state index is 0.266. The number of carboxylic acid groups (broad SMARTS) is 1. The molecule has 3 nitrogen and oxygen atoms in total. The molecule has 0 spiro atoms. The van der Waals surface area contributed by atoms with Crippen molar-refractivity contribution in [3.05, 3.63) is 23.4 Å². The minimum atomic E-state index is -0.653. The quantitative estimate of drug-likeness (QED) is 0.146. The van der Waals surface area contributed by atoms with Gasteiger partial charge < -0.3 is 10.2 Å². The maximum atomic E-state index is 10.3. The van der Waals surface area contributed by atoms with Crippen molar-refractivity contribution in [3.63, 3.8) is 0 Å². The number of hydrogen-bond donors (Lipinski definition) is 2. The maximum absolute atomic E-state index is 10.3. The van der Waals surface area contributed by atoms with Crippen LogP contribution in [0.3, 0.4) is 0 Å². The third kappa shape index (κ3) is 30.6. The number of carboxylic acids is 1. The van der Waals surface area contributed by atoms with E-state index in [1.165, 1.54) is 83.5 Å². The molecule has 0 aromatic rings. The van der Waals surface area contributed by atoms with Crippen LogP contribution in [0.25, 0.3) is 0 Å². The molecule has 1 atom stereocenters. The Kier molecular flexibility index (Phi) is 27.5. The lowest BCUT2D eigenvalue weighted by molar-refractivity contribution is -0.137. The second-order valence-electron chi connectivity index (χ2n) is 7.42. The first-order valence-corrected chi connectivity index (χ1v) is 12.8. The van der Waals surface area contributed by atoms with E-state index in [1.807, 2.05) is 0 Å². The molecule has 0 aliphatic heterocycles. The topological polar surface area (TPSA) is 57.5 Å². The fourth-order valence-electron chi connectivity index (χ4n) is 2.91. The van der Waals surface area contributed by atoms with Crippen molar-refractivity contribution in [3.8, 4) is 0 Å². The van der Waals surface area contributed by atoms with Crippen molar-refractivity contribution in [2.45, 2.75) is 114 Å². The zero-order chi connectivity index (χ0) is 20.6. The molecule has 0 saturated carbocycles. The zero-order valence-electron chi connectivity index (χ0n) is 18.0. The number of aliphatic hydroxyl groups excluding tert-OH is 1. The molecule has 27 heavy (non-hydrogen) atoms. The van der Waals surface area contributed by atoms with Crippen molar-refractivity contribution in [1.29, 1.82) is 0 Å². The average Bonchev–Trinajstić information content (AvgIpc) is 2.65. The molecule has 0 heterocycles. The molecule has 0 aromatic carbocycles. The number of rotatable bonds is 19. The van der Waals surface area contributed by atoms with Crippen LogP contribution in [0.15, 0.2) is 23.4 Å². The molecule has 0 amide bonds. The van der Waals surface area contributed by atoms with E-state index in [4.69, 9.17) is 10.2 Å². The summed E-state index contributed by atoms with van der Waals surface area (Å²) < 4.78 is 1.53. The Morgan fingerprint density at radius 3 is 1.44 bits per heavy atom. The lowest BCUT2D eigenvalue weighted by Crippen LogP contribution is -2.08. The molecule has 0 aliphatic carbocycles. The lowest BCUT2D eigenvalue weighted by atomic mass is 10.0. The smallest absolute Gasteiger partial charge is 0.445 e. The molecule has 156 valence electrons. The fourth-order valence-corrected chi connectivity index (χ4v) is 3.45. The van der Waals surface area contributed by atoms with Gasteiger partial charge in [-0.1, -0.05) is 103 Å². The Balaban J connectivity index is 0. The third-order valence-electron chi connectivity index (χ3n) is 4.67. The van der Waals surface area contributed by atoms with Gasteiger partial charge in [-0.05, 0) is 10.7 Å². The van der Waals surface area contributed by atoms with Gasteiger partial charge in [-0.3, -0.25) is 4.79 Å². The highest BCUT2D eigenvalue weighted by Crippen LogP contribution is 2.13. The van der Waals surface area contributed by atoms with Crippen molar-refractivity contribution < 1.29 is 15.0 Å². The Hall–Kier alpha value is -0.324. The van der Waals surface area contributed by atoms with Crippen LogP contribution in [0.1, 0.15) is 110 Å². The molecule has 0 radical (unpaired) electrons. The van der Waals surface area contributed by atoms with E-state index < -0.39 is 26.3 Å². The number of unbranched alkanes of at least 4 members (excludes halogenated alkanes) is 14. The largest absolute Gasteiger partial charge is 0.481 e. The maximum Gasteiger partial charge on any atom is 0.445 e. The van der Waals surface area contributed by atoms with E-state index in [0.29, 0.717) is 6.42 Å². The summed E-state index contributed by atoms with van der Waals surface area (Å²) in [6.07, 6.45) is 21.7. The monoisotopic (exact) mass is 392 g/mol. The number of carbonyl (C=O) groups is 1. The van der Waals surface area contributed by atoms with Gasteiger partial charge in [0.05, 0.1) is 0 Å². The van der Waals surface area contributed by atoms with E-state index in [9.17, 15) is 4.79 Å². The van der Waals surface area contributed by atoms with Gasteiger partial charge in [0.1, 0.15) is 0 Å². The molecular weight excluding hydrogens is 349 g/mol. The highest BCUT2D eigenvalue weighted by atomic mass is 24.5. The molecule has 0 aliphatic rings. The van der Waals surface area contributed by atoms with E-state index in [1.54, 1.807) is 10.3 Å². The molecule has 0 aromatic heterocycles. The number of hydrogen-bond acceptors (Lipinski definition) is 2. The summed E-state index contributed by atoms with van der Waals surface area (Å²) in [7, 11) is 0. The van der Waals surface area contributed by atoms with Crippen LogP contribution in [0.2, 0.25) is 0 Å². The molecular formula is C23H44MgO3. The summed E-state index contributed by atoms with van der Waals surface area (Å²) in [5.74, 6) is -0.653. The molecule has 0 saturated heterocycles. The Morgan fingerprint density at radius 1 is 0.815 bits per heavy atom. The van der Waals surface area contributed by atoms with Gasteiger partial charge in [-0.2, -0.15) is 0 Å². The van der Waals surface area contributed by atoms with Crippen molar-refractivity contribution in [2.24, 2.45) is 0 Å². The summed E-state index contributed by atoms with van der Waals surface area (Å²) in [5.41, 5.74) is 0. The second-order valence-corrected chi connectivity index (χ2v) is 9.31. The standard InChI is InChI=1S/C18H36O2.C3H5O.C2H3.Mg/c1-2-3-4-5-6-7-8-9-10-11-12-13-14-15-16-17-18(19)20;1-2-3-4;1-2;/h2-17H2,1H3,(H,19,20);2-4H,1H2;1H,2H2;. The summed E-state index contributed by atoms with van der Waals surface area (Å²) in [6, 6.07) is 0. The molecule has 0 rings (SSSR count). The van der Waals surface area contributed by atoms with Crippen LogP contribution < -0.4 is 0 Å². The normalized spacial score (nSPS) is 11.0. The first-order valence-electron chi connectivity index (χ1n) is 11.2. The van der Waals surface area contributed by atoms with Crippen LogP contribution in [-0.4, -0.2) is 40.8 Å². The van der Waals surface area contributed by atoms with Gasteiger partial charge in [0.25, 0.3) is 0 Å². The van der Waals surface area contributed by atoms with Gasteiger partial charge in [0, 0.05) is 6.42 Å². The minimum Gasteiger partial charge on any atom is -0.481 e. The van der Waals surface area contributed by atoms with Gasteiger partial charge in [0.15, 0.2) is 0 Å². The first kappa shape index (κ1) is 28.9. The van der Waals surface area contributed by atoms with Crippen LogP contribution in [-0.2, 0) is 4.79 Å². The SMILES string of the molecule is C=[CH][Mg][CH](O)C=C.CCCCCCCCCCCCCCCCCC(=O)O. The Labute approximate surface area is 178 Å². The van der Waals surface area contributed by atoms with E-state index >= 15 is 0 Å². The van der Waals surface area contributed by atoms with E-state index in [-0.39, 0.29) is 4.23 Å². The Morgan fingerprint density at radius 2 is 1.19 bits per heavy atom. The van der Waals surface area contributed by atoms with Crippen molar-refractivity contribution in [2.75, 3.05) is 0 Å². The van der Waals surface area contributed by atoms with E-state index in [0.717, 1.165) is 12.8 Å². The van der Waals surface area contributed by atoms with Gasteiger partial charge in [-0.15, -0.1) is 13.2 Å². The highest BCUT2D eigenvalue weighted by Gasteiger charge is 1.97. The van der Waals surface area contributed by atoms with Crippen LogP contribution in [0, 0.1) is 0 Å². The van der Waals surface area contributed by atoms with Crippen molar-refractivity contribution >= 4 is 26.3 Å². The molecule has 0 fully saturated rings. The lowest BCUT2D eigenvalue weighted by Gasteiger charge is -2.03. The molecule has 4 heteroatoms. The van der Waals surface area contributed by atoms with E-state index in [2.05, 4.69) is 20.1 Å². The predicted octanol–water partition coefficient (Wildman–Crippen LogP) is 6.67. The summed E-state index contributed by atoms with van der Waals surface area (Å²) in [4.78, 5) is 10.3. The van der Waals surface area contributed by atoms with Crippen LogP contribution >= 0.6 is 0 Å². The first-order chi connectivity index (χ1) is 13.1. The third-order valence-corrected chi connectivity index (χ3v) is 5.82. The number of aliphatic carboxylic acids is 1. The summed E-state index contributed by atoms with van der Waals surface area (Å²) in [6.45, 7) is 9.19. The average molecular weight is 393 g/mol.